The summed E-state index contributed by atoms with van der Waals surface area (Å²) in [5, 5.41) is 3.61. The number of rotatable bonds is 7. The molecule has 1 N–H and O–H groups in total. The fourth-order valence-electron chi connectivity index (χ4n) is 4.43. The van der Waals surface area contributed by atoms with Gasteiger partial charge in [-0.3, -0.25) is 10.1 Å². The van der Waals surface area contributed by atoms with E-state index in [1.165, 1.54) is 7.11 Å². The summed E-state index contributed by atoms with van der Waals surface area (Å²) in [7, 11) is 1.21. The lowest BCUT2D eigenvalue weighted by Gasteiger charge is -2.34. The lowest BCUT2D eigenvalue weighted by Crippen LogP contribution is -2.56. The molecule has 2 atom stereocenters. The van der Waals surface area contributed by atoms with Gasteiger partial charge in [-0.2, -0.15) is 0 Å². The molecule has 0 radical (unpaired) electrons. The van der Waals surface area contributed by atoms with Crippen LogP contribution in [0, 0.1) is 0 Å². The molecule has 1 heterocycles. The van der Waals surface area contributed by atoms with Crippen molar-refractivity contribution < 1.29 is 28.6 Å². The summed E-state index contributed by atoms with van der Waals surface area (Å²) in [6.07, 6.45) is -0.402. The van der Waals surface area contributed by atoms with Crippen molar-refractivity contribution in [3.63, 3.8) is 0 Å². The Bertz CT molecular complexity index is 1090. The van der Waals surface area contributed by atoms with Crippen molar-refractivity contribution in [3.8, 4) is 0 Å². The van der Waals surface area contributed by atoms with Gasteiger partial charge in [-0.25, -0.2) is 9.59 Å². The number of carbonyl (C=O) groups excluding carboxylic acids is 3. The lowest BCUT2D eigenvalue weighted by atomic mass is 9.69. The maximum Gasteiger partial charge on any atom is 0.338 e. The Hall–Kier alpha value is -2.32. The standard InChI is InChI=1S/C24H24Cl3NO6/c1-4-33-21(30)24(22(31)34-5-2)13-23(20(29)32-3,15-10-8-12-17(26)18(15)27)19(28-24)14-9-6-7-11-16(14)25/h6-12,19,28H,4-5,13H2,1-3H3/t19-,23+/m1/s1. The molecule has 0 unspecified atom stereocenters. The highest BCUT2D eigenvalue weighted by Gasteiger charge is 2.68. The monoisotopic (exact) mass is 527 g/mol. The van der Waals surface area contributed by atoms with Gasteiger partial charge in [0.2, 0.25) is 5.54 Å². The van der Waals surface area contributed by atoms with Crippen LogP contribution in [0.3, 0.4) is 0 Å². The van der Waals surface area contributed by atoms with E-state index in [2.05, 4.69) is 5.32 Å². The van der Waals surface area contributed by atoms with Crippen LogP contribution in [-0.2, 0) is 34.0 Å². The number of esters is 3. The highest BCUT2D eigenvalue weighted by Crippen LogP contribution is 2.54. The normalized spacial score (nSPS) is 21.1. The molecule has 1 aliphatic rings. The van der Waals surface area contributed by atoms with Crippen LogP contribution in [-0.4, -0.2) is 43.8 Å². The number of carbonyl (C=O) groups is 3. The van der Waals surface area contributed by atoms with Gasteiger partial charge in [-0.05, 0) is 37.1 Å². The molecule has 182 valence electrons. The second-order valence-corrected chi connectivity index (χ2v) is 8.88. The van der Waals surface area contributed by atoms with Crippen LogP contribution in [0.4, 0.5) is 0 Å². The Labute approximate surface area is 212 Å². The molecular formula is C24H24Cl3NO6. The van der Waals surface area contributed by atoms with Gasteiger partial charge >= 0.3 is 17.9 Å². The van der Waals surface area contributed by atoms with Crippen molar-refractivity contribution >= 4 is 52.7 Å². The fraction of sp³-hybridized carbons (Fsp3) is 0.375. The number of ether oxygens (including phenoxy) is 3. The molecule has 0 aromatic heterocycles. The molecular weight excluding hydrogens is 505 g/mol. The molecule has 1 fully saturated rings. The van der Waals surface area contributed by atoms with Gasteiger partial charge in [0.15, 0.2) is 0 Å². The van der Waals surface area contributed by atoms with Gasteiger partial charge in [-0.1, -0.05) is 65.1 Å². The molecule has 0 aliphatic carbocycles. The van der Waals surface area contributed by atoms with Crippen molar-refractivity contribution in [2.75, 3.05) is 20.3 Å². The van der Waals surface area contributed by atoms with Gasteiger partial charge in [0.25, 0.3) is 0 Å². The SMILES string of the molecule is CCOC(=O)C1(C(=O)OCC)C[C@](C(=O)OC)(c2cccc(Cl)c2Cl)[C@@H](c2ccccc2Cl)N1. The zero-order valence-electron chi connectivity index (χ0n) is 18.8. The molecule has 3 rings (SSSR count). The first-order chi connectivity index (χ1) is 16.2. The number of hydrogen-bond acceptors (Lipinski definition) is 7. The third-order valence-corrected chi connectivity index (χ3v) is 7.04. The predicted octanol–water partition coefficient (Wildman–Crippen LogP) is 4.66. The Morgan fingerprint density at radius 2 is 1.50 bits per heavy atom. The minimum absolute atomic E-state index is 0.00156. The van der Waals surface area contributed by atoms with Crippen LogP contribution < -0.4 is 5.32 Å². The molecule has 0 bridgehead atoms. The number of benzene rings is 2. The maximum atomic E-state index is 13.6. The zero-order chi connectivity index (χ0) is 25.1. The van der Waals surface area contributed by atoms with E-state index in [9.17, 15) is 14.4 Å². The number of halogens is 3. The summed E-state index contributed by atoms with van der Waals surface area (Å²) in [6.45, 7) is 3.22. The average Bonchev–Trinajstić information content (AvgIpc) is 3.19. The van der Waals surface area contributed by atoms with Gasteiger partial charge in [-0.15, -0.1) is 0 Å². The molecule has 1 saturated heterocycles. The van der Waals surface area contributed by atoms with E-state index in [0.717, 1.165) is 0 Å². The van der Waals surface area contributed by atoms with Crippen molar-refractivity contribution in [1.82, 2.24) is 5.32 Å². The lowest BCUT2D eigenvalue weighted by molar-refractivity contribution is -0.165. The first kappa shape index (κ1) is 26.3. The van der Waals surface area contributed by atoms with Crippen LogP contribution in [0.2, 0.25) is 15.1 Å². The summed E-state index contributed by atoms with van der Waals surface area (Å²) >= 11 is 19.4. The number of hydrogen-bond donors (Lipinski definition) is 1. The molecule has 2 aromatic rings. The van der Waals surface area contributed by atoms with Gasteiger partial charge in [0.05, 0.1) is 36.4 Å². The summed E-state index contributed by atoms with van der Waals surface area (Å²) in [4.78, 5) is 40.2. The quantitative estimate of drug-likeness (QED) is 0.318. The van der Waals surface area contributed by atoms with Gasteiger partial charge in [0, 0.05) is 11.4 Å². The van der Waals surface area contributed by atoms with Crippen LogP contribution in [0.1, 0.15) is 37.4 Å². The zero-order valence-corrected chi connectivity index (χ0v) is 21.1. The fourth-order valence-corrected chi connectivity index (χ4v) is 5.14. The van der Waals surface area contributed by atoms with Crippen molar-refractivity contribution in [3.05, 3.63) is 68.7 Å². The Balaban J connectivity index is 2.40. The molecule has 34 heavy (non-hydrogen) atoms. The Morgan fingerprint density at radius 1 is 0.912 bits per heavy atom. The van der Waals surface area contributed by atoms with Gasteiger partial charge < -0.3 is 14.2 Å². The summed E-state index contributed by atoms with van der Waals surface area (Å²) in [6, 6.07) is 10.5. The van der Waals surface area contributed by atoms with E-state index in [1.807, 2.05) is 0 Å². The first-order valence-corrected chi connectivity index (χ1v) is 11.7. The van der Waals surface area contributed by atoms with E-state index in [4.69, 9.17) is 49.0 Å². The van der Waals surface area contributed by atoms with Crippen LogP contribution in [0.15, 0.2) is 42.5 Å². The van der Waals surface area contributed by atoms with Crippen molar-refractivity contribution in [2.24, 2.45) is 0 Å². The number of nitrogens with one attached hydrogen (secondary N) is 1. The highest BCUT2D eigenvalue weighted by atomic mass is 35.5. The van der Waals surface area contributed by atoms with Crippen molar-refractivity contribution in [2.45, 2.75) is 37.3 Å². The molecule has 0 amide bonds. The van der Waals surface area contributed by atoms with E-state index >= 15 is 0 Å². The third-order valence-electron chi connectivity index (χ3n) is 5.87. The largest absolute Gasteiger partial charge is 0.468 e. The Kier molecular flexibility index (Phi) is 8.14. The van der Waals surface area contributed by atoms with E-state index in [1.54, 1.807) is 56.3 Å². The topological polar surface area (TPSA) is 90.9 Å². The second-order valence-electron chi connectivity index (χ2n) is 7.69. The average molecular weight is 529 g/mol. The highest BCUT2D eigenvalue weighted by molar-refractivity contribution is 6.42. The molecule has 2 aromatic carbocycles. The van der Waals surface area contributed by atoms with E-state index < -0.39 is 41.3 Å². The molecule has 1 aliphatic heterocycles. The van der Waals surface area contributed by atoms with E-state index in [-0.39, 0.29) is 28.8 Å². The third kappa shape index (κ3) is 4.26. The van der Waals surface area contributed by atoms with E-state index in [0.29, 0.717) is 10.6 Å². The maximum absolute atomic E-state index is 13.6. The summed E-state index contributed by atoms with van der Waals surface area (Å²) < 4.78 is 15.7. The van der Waals surface area contributed by atoms with Crippen molar-refractivity contribution in [1.29, 1.82) is 0 Å². The summed E-state index contributed by atoms with van der Waals surface area (Å²) in [5.41, 5.74) is -3.03. The predicted molar refractivity (Wildman–Crippen MR) is 128 cm³/mol. The number of methoxy groups -OCH3 is 1. The molecule has 0 spiro atoms. The first-order valence-electron chi connectivity index (χ1n) is 10.6. The molecule has 10 heteroatoms. The van der Waals surface area contributed by atoms with Crippen LogP contribution >= 0.6 is 34.8 Å². The van der Waals surface area contributed by atoms with Crippen LogP contribution in [0.25, 0.3) is 0 Å². The van der Waals surface area contributed by atoms with Crippen LogP contribution in [0.5, 0.6) is 0 Å². The summed E-state index contributed by atoms with van der Waals surface area (Å²) in [5.74, 6) is -2.53. The Morgan fingerprint density at radius 3 is 2.06 bits per heavy atom. The molecule has 0 saturated carbocycles. The smallest absolute Gasteiger partial charge is 0.338 e. The minimum atomic E-state index is -2.05. The minimum Gasteiger partial charge on any atom is -0.468 e. The second kappa shape index (κ2) is 10.5. The molecule has 7 nitrogen and oxygen atoms in total. The van der Waals surface area contributed by atoms with Gasteiger partial charge in [0.1, 0.15) is 5.41 Å².